The van der Waals surface area contributed by atoms with Crippen LogP contribution in [0, 0.1) is 0 Å². The highest BCUT2D eigenvalue weighted by Crippen LogP contribution is 2.26. The maximum atomic E-state index is 5.22. The summed E-state index contributed by atoms with van der Waals surface area (Å²) >= 11 is 0. The van der Waals surface area contributed by atoms with Gasteiger partial charge in [-0.15, -0.1) is 0 Å². The van der Waals surface area contributed by atoms with E-state index in [1.54, 1.807) is 7.11 Å². The smallest absolute Gasteiger partial charge is 0.119 e. The zero-order valence-corrected chi connectivity index (χ0v) is 11.1. The first kappa shape index (κ1) is 11.8. The highest BCUT2D eigenvalue weighted by molar-refractivity contribution is 5.49. The van der Waals surface area contributed by atoms with Crippen molar-refractivity contribution in [1.29, 1.82) is 0 Å². The van der Waals surface area contributed by atoms with E-state index in [0.717, 1.165) is 18.3 Å². The Kier molecular flexibility index (Phi) is 3.41. The molecule has 0 saturated carbocycles. The van der Waals surface area contributed by atoms with E-state index < -0.39 is 0 Å². The molecule has 18 heavy (non-hydrogen) atoms. The second-order valence-electron chi connectivity index (χ2n) is 5.33. The Morgan fingerprint density at radius 1 is 1.06 bits per heavy atom. The summed E-state index contributed by atoms with van der Waals surface area (Å²) in [5.74, 6) is 0.940. The minimum Gasteiger partial charge on any atom is -0.497 e. The molecule has 3 rings (SSSR count). The molecule has 0 N–H and O–H groups in total. The van der Waals surface area contributed by atoms with E-state index in [9.17, 15) is 0 Å². The third kappa shape index (κ3) is 2.32. The van der Waals surface area contributed by atoms with Gasteiger partial charge in [0.05, 0.1) is 7.11 Å². The molecule has 2 fully saturated rings. The number of rotatable bonds is 2. The molecule has 3 heteroatoms. The third-order valence-corrected chi connectivity index (χ3v) is 4.27. The molecule has 2 heterocycles. The van der Waals surface area contributed by atoms with Crippen LogP contribution in [0.3, 0.4) is 0 Å². The van der Waals surface area contributed by atoms with Crippen LogP contribution in [0.4, 0.5) is 5.69 Å². The van der Waals surface area contributed by atoms with Gasteiger partial charge in [0.25, 0.3) is 0 Å². The van der Waals surface area contributed by atoms with Crippen LogP contribution in [0.15, 0.2) is 24.3 Å². The molecule has 2 aliphatic heterocycles. The Bertz CT molecular complexity index is 390. The fraction of sp³-hybridized carbons (Fsp3) is 0.600. The predicted molar refractivity (Wildman–Crippen MR) is 74.4 cm³/mol. The summed E-state index contributed by atoms with van der Waals surface area (Å²) < 4.78 is 5.22. The fourth-order valence-corrected chi connectivity index (χ4v) is 3.18. The van der Waals surface area contributed by atoms with Gasteiger partial charge in [0.15, 0.2) is 0 Å². The SMILES string of the molecule is COc1ccc(N2CCN3CCCCC3C2)cc1. The van der Waals surface area contributed by atoms with E-state index >= 15 is 0 Å². The Balaban J connectivity index is 1.69. The second kappa shape index (κ2) is 5.19. The van der Waals surface area contributed by atoms with Crippen LogP contribution in [0.2, 0.25) is 0 Å². The van der Waals surface area contributed by atoms with Crippen molar-refractivity contribution in [3.05, 3.63) is 24.3 Å². The van der Waals surface area contributed by atoms with Crippen molar-refractivity contribution < 1.29 is 4.74 Å². The second-order valence-corrected chi connectivity index (χ2v) is 5.33. The molecule has 0 aromatic heterocycles. The molecule has 0 radical (unpaired) electrons. The number of anilines is 1. The molecule has 0 aliphatic carbocycles. The van der Waals surface area contributed by atoms with E-state index in [1.807, 2.05) is 0 Å². The van der Waals surface area contributed by atoms with E-state index in [-0.39, 0.29) is 0 Å². The van der Waals surface area contributed by atoms with E-state index in [0.29, 0.717) is 0 Å². The Hall–Kier alpha value is -1.22. The van der Waals surface area contributed by atoms with Crippen molar-refractivity contribution >= 4 is 5.69 Å². The van der Waals surface area contributed by atoms with Crippen LogP contribution in [0.5, 0.6) is 5.75 Å². The lowest BCUT2D eigenvalue weighted by Crippen LogP contribution is -2.54. The monoisotopic (exact) mass is 246 g/mol. The van der Waals surface area contributed by atoms with Crippen LogP contribution >= 0.6 is 0 Å². The molecule has 0 bridgehead atoms. The van der Waals surface area contributed by atoms with Crippen molar-refractivity contribution in [2.24, 2.45) is 0 Å². The molecule has 1 aromatic carbocycles. The van der Waals surface area contributed by atoms with Gasteiger partial charge < -0.3 is 9.64 Å². The van der Waals surface area contributed by atoms with Gasteiger partial charge in [0.2, 0.25) is 0 Å². The number of piperidine rings is 1. The fourth-order valence-electron chi connectivity index (χ4n) is 3.18. The molecule has 1 unspecified atom stereocenters. The third-order valence-electron chi connectivity index (χ3n) is 4.27. The largest absolute Gasteiger partial charge is 0.497 e. The van der Waals surface area contributed by atoms with Crippen LogP contribution < -0.4 is 9.64 Å². The molecular formula is C15H22N2O. The summed E-state index contributed by atoms with van der Waals surface area (Å²) in [5.41, 5.74) is 1.33. The van der Waals surface area contributed by atoms with Gasteiger partial charge >= 0.3 is 0 Å². The van der Waals surface area contributed by atoms with Crippen LogP contribution in [0.25, 0.3) is 0 Å². The highest BCUT2D eigenvalue weighted by Gasteiger charge is 2.28. The van der Waals surface area contributed by atoms with E-state index in [2.05, 4.69) is 34.1 Å². The summed E-state index contributed by atoms with van der Waals surface area (Å²) in [4.78, 5) is 5.19. The summed E-state index contributed by atoms with van der Waals surface area (Å²) in [6.45, 7) is 4.87. The van der Waals surface area contributed by atoms with Gasteiger partial charge in [0, 0.05) is 31.4 Å². The number of nitrogens with zero attached hydrogens (tertiary/aromatic N) is 2. The van der Waals surface area contributed by atoms with Crippen molar-refractivity contribution in [2.45, 2.75) is 25.3 Å². The zero-order chi connectivity index (χ0) is 12.4. The van der Waals surface area contributed by atoms with Gasteiger partial charge in [-0.1, -0.05) is 6.42 Å². The van der Waals surface area contributed by atoms with E-state index in [1.165, 1.54) is 44.6 Å². The average Bonchev–Trinajstić information content (AvgIpc) is 2.47. The lowest BCUT2D eigenvalue weighted by molar-refractivity contribution is 0.133. The Labute approximate surface area is 109 Å². The lowest BCUT2D eigenvalue weighted by atomic mass is 9.99. The topological polar surface area (TPSA) is 15.7 Å². The first-order valence-corrected chi connectivity index (χ1v) is 7.00. The molecule has 98 valence electrons. The summed E-state index contributed by atoms with van der Waals surface area (Å²) in [6, 6.07) is 9.24. The van der Waals surface area contributed by atoms with Crippen LogP contribution in [-0.4, -0.2) is 44.2 Å². The van der Waals surface area contributed by atoms with Crippen molar-refractivity contribution in [3.8, 4) is 5.75 Å². The standard InChI is InChI=1S/C15H22N2O/c1-18-15-7-5-13(6-8-15)17-11-10-16-9-3-2-4-14(16)12-17/h5-8,14H,2-4,9-12H2,1H3. The summed E-state index contributed by atoms with van der Waals surface area (Å²) in [6.07, 6.45) is 4.16. The van der Waals surface area contributed by atoms with Gasteiger partial charge in [-0.25, -0.2) is 0 Å². The molecular weight excluding hydrogens is 224 g/mol. The molecule has 3 nitrogen and oxygen atoms in total. The van der Waals surface area contributed by atoms with Crippen molar-refractivity contribution in [2.75, 3.05) is 38.2 Å². The van der Waals surface area contributed by atoms with Crippen LogP contribution in [0.1, 0.15) is 19.3 Å². The minimum atomic E-state index is 0.773. The Morgan fingerprint density at radius 2 is 1.89 bits per heavy atom. The first-order valence-electron chi connectivity index (χ1n) is 7.00. The maximum Gasteiger partial charge on any atom is 0.119 e. The summed E-state index contributed by atoms with van der Waals surface area (Å²) in [5, 5.41) is 0. The highest BCUT2D eigenvalue weighted by atomic mass is 16.5. The van der Waals surface area contributed by atoms with Crippen molar-refractivity contribution in [3.63, 3.8) is 0 Å². The van der Waals surface area contributed by atoms with Gasteiger partial charge in [-0.05, 0) is 43.7 Å². The van der Waals surface area contributed by atoms with Crippen LogP contribution in [-0.2, 0) is 0 Å². The quantitative estimate of drug-likeness (QED) is 0.797. The van der Waals surface area contributed by atoms with Gasteiger partial charge in [-0.2, -0.15) is 0 Å². The van der Waals surface area contributed by atoms with Crippen molar-refractivity contribution in [1.82, 2.24) is 4.90 Å². The first-order chi connectivity index (χ1) is 8.86. The Morgan fingerprint density at radius 3 is 2.67 bits per heavy atom. The number of piperazine rings is 1. The number of hydrogen-bond acceptors (Lipinski definition) is 3. The number of hydrogen-bond donors (Lipinski definition) is 0. The minimum absolute atomic E-state index is 0.773. The van der Waals surface area contributed by atoms with Gasteiger partial charge in [-0.3, -0.25) is 4.90 Å². The molecule has 1 atom stereocenters. The van der Waals surface area contributed by atoms with E-state index in [4.69, 9.17) is 4.74 Å². The molecule has 2 saturated heterocycles. The number of benzene rings is 1. The number of fused-ring (bicyclic) bond motifs is 1. The molecule has 1 aromatic rings. The maximum absolute atomic E-state index is 5.22. The number of ether oxygens (including phenoxy) is 1. The molecule has 2 aliphatic rings. The predicted octanol–water partition coefficient (Wildman–Crippen LogP) is 2.37. The van der Waals surface area contributed by atoms with Gasteiger partial charge in [0.1, 0.15) is 5.75 Å². The molecule has 0 amide bonds. The average molecular weight is 246 g/mol. The lowest BCUT2D eigenvalue weighted by Gasteiger charge is -2.44. The zero-order valence-electron chi connectivity index (χ0n) is 11.1. The molecule has 0 spiro atoms. The summed E-state index contributed by atoms with van der Waals surface area (Å²) in [7, 11) is 1.72. The normalized spacial score (nSPS) is 24.7. The number of methoxy groups -OCH3 is 1.